The third-order valence-corrected chi connectivity index (χ3v) is 15.2. The van der Waals surface area contributed by atoms with E-state index in [0.717, 1.165) is 50.6 Å². The third kappa shape index (κ3) is 8.03. The van der Waals surface area contributed by atoms with Gasteiger partial charge in [-0.1, -0.05) is 184 Å². The highest BCUT2D eigenvalue weighted by Gasteiger charge is 2.45. The Kier molecular flexibility index (Phi) is 10.9. The van der Waals surface area contributed by atoms with Crippen molar-refractivity contribution < 1.29 is 4.42 Å². The largest absolute Gasteiger partial charge is 0.471 e. The van der Waals surface area contributed by atoms with E-state index in [-0.39, 0.29) is 23.0 Å². The molecule has 0 saturated carbocycles. The lowest BCUT2D eigenvalue weighted by molar-refractivity contribution is 0.572. The fourth-order valence-corrected chi connectivity index (χ4v) is 11.2. The first-order chi connectivity index (χ1) is 35.1. The normalized spacial score (nSPS) is 13.2. The maximum absolute atomic E-state index is 5.95. The molecule has 2 aliphatic rings. The van der Waals surface area contributed by atoms with Gasteiger partial charge in [-0.15, -0.1) is 0 Å². The van der Waals surface area contributed by atoms with E-state index in [4.69, 9.17) is 4.42 Å². The first-order valence-electron chi connectivity index (χ1n) is 25.8. The monoisotopic (exact) mass is 947 g/mol. The lowest BCUT2D eigenvalue weighted by atomic mass is 9.33. The lowest BCUT2D eigenvalue weighted by Gasteiger charge is -2.45. The highest BCUT2D eigenvalue weighted by Crippen LogP contribution is 2.51. The second-order valence-corrected chi connectivity index (χ2v) is 23.1. The first-order valence-corrected chi connectivity index (χ1v) is 25.8. The Labute approximate surface area is 432 Å². The van der Waals surface area contributed by atoms with Gasteiger partial charge in [0.15, 0.2) is 0 Å². The molecule has 73 heavy (non-hydrogen) atoms. The molecule has 358 valence electrons. The zero-order chi connectivity index (χ0) is 50.4. The van der Waals surface area contributed by atoms with Gasteiger partial charge in [0.2, 0.25) is 0 Å². The minimum atomic E-state index is -0.153. The van der Waals surface area contributed by atoms with Crippen LogP contribution in [-0.2, 0) is 16.2 Å². The molecule has 0 amide bonds. The van der Waals surface area contributed by atoms with Crippen molar-refractivity contribution in [2.45, 2.75) is 78.6 Å². The van der Waals surface area contributed by atoms with Crippen molar-refractivity contribution in [2.75, 3.05) is 14.7 Å². The molecule has 0 bridgehead atoms. The molecule has 12 rings (SSSR count). The number of hydrogen-bond donors (Lipinski definition) is 0. The van der Waals surface area contributed by atoms with Crippen LogP contribution in [0.25, 0.3) is 33.0 Å². The van der Waals surface area contributed by atoms with E-state index in [1.165, 1.54) is 66.7 Å². The van der Waals surface area contributed by atoms with Gasteiger partial charge in [0.05, 0.1) is 23.9 Å². The van der Waals surface area contributed by atoms with Crippen LogP contribution in [0.5, 0.6) is 0 Å². The van der Waals surface area contributed by atoms with Crippen molar-refractivity contribution in [2.24, 2.45) is 0 Å². The summed E-state index contributed by atoms with van der Waals surface area (Å²) in [5.41, 5.74) is 22.3. The Hall–Kier alpha value is -8.02. The van der Waals surface area contributed by atoms with Crippen LogP contribution >= 0.6 is 0 Å². The predicted octanol–water partition coefficient (Wildman–Crippen LogP) is 17.2. The molecule has 0 atom stereocenters. The molecule has 0 radical (unpaired) electrons. The molecule has 5 heteroatoms. The molecule has 0 spiro atoms. The maximum atomic E-state index is 5.95. The van der Waals surface area contributed by atoms with Crippen LogP contribution in [0.4, 0.5) is 51.2 Å². The maximum Gasteiger partial charge on any atom is 0.252 e. The van der Waals surface area contributed by atoms with Crippen LogP contribution in [-0.4, -0.2) is 6.71 Å². The molecule has 9 aromatic carbocycles. The molecule has 0 unspecified atom stereocenters. The van der Waals surface area contributed by atoms with Crippen molar-refractivity contribution in [3.63, 3.8) is 0 Å². The van der Waals surface area contributed by atoms with Crippen molar-refractivity contribution >= 4 is 85.1 Å². The van der Waals surface area contributed by atoms with Gasteiger partial charge in [-0.25, -0.2) is 0 Å². The summed E-state index contributed by atoms with van der Waals surface area (Å²) in [5.74, 6) is 0. The standard InChI is InChI=1S/C68H62BN3O/c1-66(2,3)49-30-34-59(55(38-49)45-22-14-10-15-23-45)72(60-35-31-50(67(4,5)6)39-56(60)46-24-16-11-17-25-46)54-32-33-57-62(42-54)71(53-28-20-13-21-29-53)64-41-51(68(7,8)9)40-63-65(64)69(57)58-36-47-43-73-44-48(47)37-61(58)70(63)52-26-18-12-19-27-52/h10-44H,1-9H3. The number of rotatable bonds is 7. The Balaban J connectivity index is 1.19. The summed E-state index contributed by atoms with van der Waals surface area (Å²) in [6.45, 7) is 20.8. The number of furan rings is 1. The molecular weight excluding hydrogens is 886 g/mol. The van der Waals surface area contributed by atoms with Crippen molar-refractivity contribution in [1.29, 1.82) is 0 Å². The van der Waals surface area contributed by atoms with E-state index in [1.807, 2.05) is 12.5 Å². The third-order valence-electron chi connectivity index (χ3n) is 15.2. The Morgan fingerprint density at radius 1 is 0.384 bits per heavy atom. The van der Waals surface area contributed by atoms with Gasteiger partial charge in [-0.05, 0) is 139 Å². The quantitative estimate of drug-likeness (QED) is 0.149. The van der Waals surface area contributed by atoms with Gasteiger partial charge in [0, 0.05) is 61.7 Å². The average molecular weight is 948 g/mol. The topological polar surface area (TPSA) is 22.9 Å². The fourth-order valence-electron chi connectivity index (χ4n) is 11.2. The number of hydrogen-bond acceptors (Lipinski definition) is 4. The zero-order valence-corrected chi connectivity index (χ0v) is 43.5. The Bertz CT molecular complexity index is 3590. The number of para-hydroxylation sites is 2. The summed E-state index contributed by atoms with van der Waals surface area (Å²) in [7, 11) is 0. The van der Waals surface area contributed by atoms with Crippen molar-refractivity contribution in [1.82, 2.24) is 0 Å². The number of nitrogens with zero attached hydrogens (tertiary/aromatic N) is 3. The number of fused-ring (bicyclic) bond motifs is 5. The smallest absolute Gasteiger partial charge is 0.252 e. The van der Waals surface area contributed by atoms with Crippen LogP contribution in [0.15, 0.2) is 217 Å². The molecule has 10 aromatic rings. The van der Waals surface area contributed by atoms with E-state index in [9.17, 15) is 0 Å². The second kappa shape index (κ2) is 17.3. The SMILES string of the molecule is CC(C)(C)c1ccc(N(c2ccc3c(c2)N(c2ccccc2)c2cc(C(C)(C)C)cc4c2B3c2cc3cocc3cc2N4c2ccccc2)c2ccc(C(C)(C)C)cc2-c2ccccc2)c(-c2ccccc2)c1. The summed E-state index contributed by atoms with van der Waals surface area (Å²) in [6, 6.07) is 75.0. The molecule has 0 saturated heterocycles. The van der Waals surface area contributed by atoms with E-state index >= 15 is 0 Å². The van der Waals surface area contributed by atoms with Crippen LogP contribution in [0.3, 0.4) is 0 Å². The van der Waals surface area contributed by atoms with E-state index in [0.29, 0.717) is 0 Å². The molecule has 2 aliphatic heterocycles. The second-order valence-electron chi connectivity index (χ2n) is 23.1. The summed E-state index contributed by atoms with van der Waals surface area (Å²) < 4.78 is 5.95. The Morgan fingerprint density at radius 3 is 1.29 bits per heavy atom. The minimum Gasteiger partial charge on any atom is -0.471 e. The molecule has 0 fully saturated rings. The highest BCUT2D eigenvalue weighted by molar-refractivity contribution is 7.00. The molecule has 1 aromatic heterocycles. The number of anilines is 9. The van der Waals surface area contributed by atoms with Crippen LogP contribution in [0.1, 0.15) is 79.0 Å². The van der Waals surface area contributed by atoms with Gasteiger partial charge in [0.1, 0.15) is 0 Å². The molecular formula is C68H62BN3O. The van der Waals surface area contributed by atoms with Gasteiger partial charge in [-0.3, -0.25) is 0 Å². The summed E-state index contributed by atoms with van der Waals surface area (Å²) in [4.78, 5) is 7.59. The predicted molar refractivity (Wildman–Crippen MR) is 312 cm³/mol. The van der Waals surface area contributed by atoms with Gasteiger partial charge < -0.3 is 19.1 Å². The first kappa shape index (κ1) is 46.1. The van der Waals surface area contributed by atoms with Crippen LogP contribution < -0.4 is 31.1 Å². The minimum absolute atomic E-state index is 0.0645. The van der Waals surface area contributed by atoms with Gasteiger partial charge in [-0.2, -0.15) is 0 Å². The average Bonchev–Trinajstić information content (AvgIpc) is 3.86. The number of benzene rings is 9. The summed E-state index contributed by atoms with van der Waals surface area (Å²) in [5, 5.41) is 2.18. The van der Waals surface area contributed by atoms with Crippen molar-refractivity contribution in [3.8, 4) is 22.3 Å². The van der Waals surface area contributed by atoms with Gasteiger partial charge >= 0.3 is 0 Å². The lowest BCUT2D eigenvalue weighted by Crippen LogP contribution is -2.61. The van der Waals surface area contributed by atoms with E-state index in [1.54, 1.807) is 0 Å². The highest BCUT2D eigenvalue weighted by atomic mass is 16.3. The molecule has 0 N–H and O–H groups in total. The van der Waals surface area contributed by atoms with Crippen LogP contribution in [0, 0.1) is 0 Å². The zero-order valence-electron chi connectivity index (χ0n) is 43.5. The van der Waals surface area contributed by atoms with E-state index < -0.39 is 0 Å². The molecule has 3 heterocycles. The van der Waals surface area contributed by atoms with Gasteiger partial charge in [0.25, 0.3) is 6.71 Å². The van der Waals surface area contributed by atoms with Crippen LogP contribution in [0.2, 0.25) is 0 Å². The molecule has 4 nitrogen and oxygen atoms in total. The Morgan fingerprint density at radius 2 is 0.822 bits per heavy atom. The van der Waals surface area contributed by atoms with Crippen molar-refractivity contribution in [3.05, 3.63) is 229 Å². The van der Waals surface area contributed by atoms with E-state index in [2.05, 4.69) is 277 Å². The fraction of sp³-hybridized carbons (Fsp3) is 0.176. The summed E-state index contributed by atoms with van der Waals surface area (Å²) in [6.07, 6.45) is 3.78. The summed E-state index contributed by atoms with van der Waals surface area (Å²) >= 11 is 0. The molecule has 0 aliphatic carbocycles.